The topological polar surface area (TPSA) is 64.3 Å². The van der Waals surface area contributed by atoms with Gasteiger partial charge in [0.1, 0.15) is 0 Å². The Hall–Kier alpha value is -1.39. The van der Waals surface area contributed by atoms with Gasteiger partial charge in [0.15, 0.2) is 6.10 Å². The molecule has 3 N–H and O–H groups in total. The van der Waals surface area contributed by atoms with Crippen LogP contribution in [0.4, 0.5) is 5.69 Å². The third kappa shape index (κ3) is 2.83. The monoisotopic (exact) mass is 194 g/mol. The minimum Gasteiger partial charge on any atom is -0.324 e. The van der Waals surface area contributed by atoms with Crippen LogP contribution in [-0.2, 0) is 9.63 Å². The summed E-state index contributed by atoms with van der Waals surface area (Å²) in [5, 5.41) is 2.68. The molecule has 0 spiro atoms. The first-order valence-corrected chi connectivity index (χ1v) is 4.36. The molecule has 1 amide bonds. The van der Waals surface area contributed by atoms with Gasteiger partial charge in [-0.1, -0.05) is 17.7 Å². The second-order valence-electron chi connectivity index (χ2n) is 3.13. The Morgan fingerprint density at radius 1 is 1.43 bits per heavy atom. The van der Waals surface area contributed by atoms with E-state index in [1.807, 2.05) is 31.2 Å². The van der Waals surface area contributed by atoms with Gasteiger partial charge < -0.3 is 5.32 Å². The lowest BCUT2D eigenvalue weighted by Gasteiger charge is -2.09. The van der Waals surface area contributed by atoms with E-state index in [-0.39, 0.29) is 5.91 Å². The summed E-state index contributed by atoms with van der Waals surface area (Å²) in [5.41, 5.74) is 1.88. The van der Waals surface area contributed by atoms with Crippen LogP contribution >= 0.6 is 0 Å². The molecule has 1 unspecified atom stereocenters. The van der Waals surface area contributed by atoms with Crippen LogP contribution in [0.1, 0.15) is 12.5 Å². The highest BCUT2D eigenvalue weighted by Gasteiger charge is 2.11. The lowest BCUT2D eigenvalue weighted by Crippen LogP contribution is -2.29. The molecule has 14 heavy (non-hydrogen) atoms. The standard InChI is InChI=1S/C10H14N2O2/c1-7-3-5-9(6-4-7)12-10(13)8(2)14-11/h3-6,8H,11H2,1-2H3,(H,12,13). The molecule has 1 atom stereocenters. The normalized spacial score (nSPS) is 12.2. The van der Waals surface area contributed by atoms with Crippen molar-refractivity contribution in [2.45, 2.75) is 20.0 Å². The fourth-order valence-corrected chi connectivity index (χ4v) is 0.943. The van der Waals surface area contributed by atoms with Gasteiger partial charge >= 0.3 is 0 Å². The number of nitrogens with one attached hydrogen (secondary N) is 1. The number of nitrogens with two attached hydrogens (primary N) is 1. The second-order valence-corrected chi connectivity index (χ2v) is 3.13. The van der Waals surface area contributed by atoms with Gasteiger partial charge in [0.05, 0.1) is 0 Å². The maximum Gasteiger partial charge on any atom is 0.255 e. The quantitative estimate of drug-likeness (QED) is 0.711. The molecule has 0 aliphatic rings. The van der Waals surface area contributed by atoms with Crippen LogP contribution in [0.5, 0.6) is 0 Å². The largest absolute Gasteiger partial charge is 0.324 e. The fourth-order valence-electron chi connectivity index (χ4n) is 0.943. The SMILES string of the molecule is Cc1ccc(NC(=O)C(C)ON)cc1. The average molecular weight is 194 g/mol. The minimum absolute atomic E-state index is 0.253. The third-order valence-electron chi connectivity index (χ3n) is 1.89. The van der Waals surface area contributed by atoms with Gasteiger partial charge in [-0.25, -0.2) is 5.90 Å². The number of carbonyl (C=O) groups excluding carboxylic acids is 1. The van der Waals surface area contributed by atoms with Crippen LogP contribution in [0, 0.1) is 6.92 Å². The van der Waals surface area contributed by atoms with Gasteiger partial charge in [0, 0.05) is 5.69 Å². The molecule has 1 aromatic rings. The maximum absolute atomic E-state index is 11.3. The van der Waals surface area contributed by atoms with Crippen LogP contribution in [0.3, 0.4) is 0 Å². The van der Waals surface area contributed by atoms with Crippen molar-refractivity contribution in [3.05, 3.63) is 29.8 Å². The molecule has 4 heteroatoms. The molecule has 0 fully saturated rings. The number of hydrogen-bond donors (Lipinski definition) is 2. The molecule has 76 valence electrons. The Balaban J connectivity index is 2.60. The average Bonchev–Trinajstić information content (AvgIpc) is 2.20. The first-order valence-electron chi connectivity index (χ1n) is 4.36. The number of anilines is 1. The molecule has 0 radical (unpaired) electrons. The van der Waals surface area contributed by atoms with Crippen molar-refractivity contribution in [3.8, 4) is 0 Å². The van der Waals surface area contributed by atoms with E-state index in [1.165, 1.54) is 0 Å². The van der Waals surface area contributed by atoms with Crippen molar-refractivity contribution in [2.24, 2.45) is 5.90 Å². The van der Waals surface area contributed by atoms with Gasteiger partial charge in [-0.3, -0.25) is 9.63 Å². The summed E-state index contributed by atoms with van der Waals surface area (Å²) < 4.78 is 0. The van der Waals surface area contributed by atoms with E-state index in [0.29, 0.717) is 0 Å². The molecule has 1 rings (SSSR count). The van der Waals surface area contributed by atoms with Gasteiger partial charge in [-0.15, -0.1) is 0 Å². The minimum atomic E-state index is -0.642. The Morgan fingerprint density at radius 3 is 2.50 bits per heavy atom. The summed E-state index contributed by atoms with van der Waals surface area (Å²) in [6.45, 7) is 3.57. The molecule has 0 aliphatic heterocycles. The van der Waals surface area contributed by atoms with Crippen molar-refractivity contribution in [3.63, 3.8) is 0 Å². The van der Waals surface area contributed by atoms with Crippen molar-refractivity contribution in [1.29, 1.82) is 0 Å². The summed E-state index contributed by atoms with van der Waals surface area (Å²) in [5.74, 6) is 4.64. The molecule has 0 aliphatic carbocycles. The highest BCUT2D eigenvalue weighted by Crippen LogP contribution is 2.08. The zero-order chi connectivity index (χ0) is 10.6. The van der Waals surface area contributed by atoms with Gasteiger partial charge in [0.2, 0.25) is 0 Å². The molecule has 1 aromatic carbocycles. The smallest absolute Gasteiger partial charge is 0.255 e. The van der Waals surface area contributed by atoms with Crippen molar-refractivity contribution < 1.29 is 9.63 Å². The van der Waals surface area contributed by atoms with Crippen LogP contribution in [0.25, 0.3) is 0 Å². The summed E-state index contributed by atoms with van der Waals surface area (Å²) in [7, 11) is 0. The zero-order valence-corrected chi connectivity index (χ0v) is 8.28. The molecule has 4 nitrogen and oxygen atoms in total. The van der Waals surface area contributed by atoms with Crippen LogP contribution in [-0.4, -0.2) is 12.0 Å². The van der Waals surface area contributed by atoms with Gasteiger partial charge in [-0.2, -0.15) is 0 Å². The number of hydrogen-bond acceptors (Lipinski definition) is 3. The predicted octanol–water partition coefficient (Wildman–Crippen LogP) is 1.21. The van der Waals surface area contributed by atoms with E-state index in [0.717, 1.165) is 11.3 Å². The Labute approximate surface area is 83.0 Å². The summed E-state index contributed by atoms with van der Waals surface area (Å²) in [4.78, 5) is 15.7. The van der Waals surface area contributed by atoms with E-state index >= 15 is 0 Å². The molecule has 0 aromatic heterocycles. The Kier molecular flexibility index (Phi) is 3.62. The van der Waals surface area contributed by atoms with E-state index in [4.69, 9.17) is 5.90 Å². The molecular weight excluding hydrogens is 180 g/mol. The van der Waals surface area contributed by atoms with Crippen LogP contribution < -0.4 is 11.2 Å². The third-order valence-corrected chi connectivity index (χ3v) is 1.89. The van der Waals surface area contributed by atoms with Crippen molar-refractivity contribution in [2.75, 3.05) is 5.32 Å². The molecule has 0 saturated carbocycles. The molecule has 0 bridgehead atoms. The lowest BCUT2D eigenvalue weighted by molar-refractivity contribution is -0.126. The predicted molar refractivity (Wildman–Crippen MR) is 54.5 cm³/mol. The Morgan fingerprint density at radius 2 is 2.00 bits per heavy atom. The first kappa shape index (κ1) is 10.7. The van der Waals surface area contributed by atoms with Crippen molar-refractivity contribution >= 4 is 11.6 Å². The van der Waals surface area contributed by atoms with Crippen LogP contribution in [0.2, 0.25) is 0 Å². The Bertz CT molecular complexity index is 308. The van der Waals surface area contributed by atoms with E-state index < -0.39 is 6.10 Å². The number of benzene rings is 1. The van der Waals surface area contributed by atoms with E-state index in [1.54, 1.807) is 6.92 Å². The van der Waals surface area contributed by atoms with Crippen molar-refractivity contribution in [1.82, 2.24) is 0 Å². The number of aryl methyl sites for hydroxylation is 1. The lowest BCUT2D eigenvalue weighted by atomic mass is 10.2. The number of rotatable bonds is 3. The molecular formula is C10H14N2O2. The summed E-state index contributed by atoms with van der Waals surface area (Å²) in [6.07, 6.45) is -0.642. The maximum atomic E-state index is 11.3. The number of carbonyl (C=O) groups is 1. The van der Waals surface area contributed by atoms with E-state index in [9.17, 15) is 4.79 Å². The van der Waals surface area contributed by atoms with E-state index in [2.05, 4.69) is 10.2 Å². The summed E-state index contributed by atoms with van der Waals surface area (Å²) >= 11 is 0. The second kappa shape index (κ2) is 4.74. The zero-order valence-electron chi connectivity index (χ0n) is 8.28. The number of amides is 1. The van der Waals surface area contributed by atoms with Crippen LogP contribution in [0.15, 0.2) is 24.3 Å². The summed E-state index contributed by atoms with van der Waals surface area (Å²) in [6, 6.07) is 7.50. The first-order chi connectivity index (χ1) is 6.63. The highest BCUT2D eigenvalue weighted by molar-refractivity contribution is 5.93. The van der Waals surface area contributed by atoms with Gasteiger partial charge in [-0.05, 0) is 26.0 Å². The molecule has 0 saturated heterocycles. The highest BCUT2D eigenvalue weighted by atomic mass is 16.6. The molecule has 0 heterocycles. The fraction of sp³-hybridized carbons (Fsp3) is 0.300. The van der Waals surface area contributed by atoms with Gasteiger partial charge in [0.25, 0.3) is 5.91 Å².